The number of nitrogens with zero attached hydrogens (tertiary/aromatic N) is 3. The summed E-state index contributed by atoms with van der Waals surface area (Å²) in [5.41, 5.74) is 5.00. The van der Waals surface area contributed by atoms with Crippen LogP contribution in [0.4, 0.5) is 0 Å². The Balaban J connectivity index is 0.00000368. The van der Waals surface area contributed by atoms with E-state index in [0.717, 1.165) is 38.8 Å². The third kappa shape index (κ3) is 6.59. The van der Waals surface area contributed by atoms with Gasteiger partial charge in [-0.1, -0.05) is 67.6 Å². The smallest absolute Gasteiger partial charge is 0.550 e. The number of pyridine rings is 1. The number of carboxylic acids is 1. The van der Waals surface area contributed by atoms with Gasteiger partial charge in [0.25, 0.3) is 0 Å². The summed E-state index contributed by atoms with van der Waals surface area (Å²) in [5.74, 6) is 0.276. The van der Waals surface area contributed by atoms with Gasteiger partial charge in [-0.3, -0.25) is 4.57 Å². The molecule has 6 aromatic rings. The number of hydrogen-bond donors (Lipinski definition) is 0. The third-order valence-electron chi connectivity index (χ3n) is 7.81. The Morgan fingerprint density at radius 3 is 2.09 bits per heavy atom. The molecule has 0 spiro atoms. The summed E-state index contributed by atoms with van der Waals surface area (Å²) >= 11 is 0. The fourth-order valence-electron chi connectivity index (χ4n) is 5.28. The van der Waals surface area contributed by atoms with E-state index in [1.54, 1.807) is 0 Å². The number of rotatable bonds is 10. The van der Waals surface area contributed by atoms with Crippen LogP contribution in [0.2, 0.25) is 0 Å². The number of hydrogen-bond acceptors (Lipinski definition) is 6. The number of carbonyl (C=O) groups excluding carboxylic acids is 1. The van der Waals surface area contributed by atoms with Crippen molar-refractivity contribution in [1.82, 2.24) is 14.5 Å². The van der Waals surface area contributed by atoms with Gasteiger partial charge >= 0.3 is 35.6 Å². The Morgan fingerprint density at radius 2 is 1.42 bits per heavy atom. The number of aromatic nitrogens is 3. The minimum atomic E-state index is -1.08. The van der Waals surface area contributed by atoms with Crippen molar-refractivity contribution >= 4 is 27.9 Å². The van der Waals surface area contributed by atoms with Crippen molar-refractivity contribution in [2.75, 3.05) is 0 Å². The second-order valence-corrected chi connectivity index (χ2v) is 10.6. The zero-order chi connectivity index (χ0) is 29.1. The van der Waals surface area contributed by atoms with Crippen molar-refractivity contribution in [3.05, 3.63) is 126 Å². The van der Waals surface area contributed by atoms with Gasteiger partial charge in [0.05, 0.1) is 22.2 Å². The fourth-order valence-corrected chi connectivity index (χ4v) is 5.28. The van der Waals surface area contributed by atoms with E-state index in [4.69, 9.17) is 9.47 Å². The molecule has 0 aliphatic rings. The molecule has 2 aromatic heterocycles. The Kier molecular flexibility index (Phi) is 9.16. The maximum atomic E-state index is 11.5. The van der Waals surface area contributed by atoms with Gasteiger partial charge in [-0.2, -0.15) is 4.98 Å². The minimum Gasteiger partial charge on any atom is -0.550 e. The number of carboxylic acid groups (broad SMARTS) is 1. The van der Waals surface area contributed by atoms with Crippen LogP contribution in [0.1, 0.15) is 36.6 Å². The quantitative estimate of drug-likeness (QED) is 0.232. The molecule has 2 heterocycles. The largest absolute Gasteiger partial charge is 1.00 e. The molecular weight excluding hydrogens is 549 g/mol. The Labute approximate surface area is 272 Å². The van der Waals surface area contributed by atoms with Crippen LogP contribution in [0.25, 0.3) is 21.9 Å². The molecule has 0 saturated carbocycles. The molecule has 1 atom stereocenters. The van der Waals surface area contributed by atoms with Gasteiger partial charge in [-0.05, 0) is 72.5 Å². The van der Waals surface area contributed by atoms with E-state index in [9.17, 15) is 9.90 Å². The fraction of sp³-hybridized carbons (Fsp3) is 0.171. The molecule has 0 amide bonds. The van der Waals surface area contributed by atoms with Crippen LogP contribution in [0.5, 0.6) is 17.5 Å². The summed E-state index contributed by atoms with van der Waals surface area (Å²) in [6.07, 6.45) is 0.308. The molecule has 0 fully saturated rings. The van der Waals surface area contributed by atoms with Crippen LogP contribution in [0, 0.1) is 0 Å². The maximum Gasteiger partial charge on any atom is 1.00 e. The summed E-state index contributed by atoms with van der Waals surface area (Å²) < 4.78 is 14.0. The normalized spacial score (nSPS) is 12.4. The summed E-state index contributed by atoms with van der Waals surface area (Å²) in [5, 5.41) is 12.6. The van der Waals surface area contributed by atoms with Crippen LogP contribution in [-0.4, -0.2) is 20.5 Å². The van der Waals surface area contributed by atoms with Crippen molar-refractivity contribution < 1.29 is 48.9 Å². The van der Waals surface area contributed by atoms with Gasteiger partial charge in [-0.25, -0.2) is 4.98 Å². The molecule has 6 rings (SSSR count). The number of ether oxygens (including phenoxy) is 2. The molecule has 7 nitrogen and oxygen atoms in total. The second kappa shape index (κ2) is 13.0. The first-order chi connectivity index (χ1) is 20.4. The van der Waals surface area contributed by atoms with Crippen molar-refractivity contribution in [3.63, 3.8) is 0 Å². The maximum absolute atomic E-state index is 11.5. The van der Waals surface area contributed by atoms with E-state index in [1.165, 1.54) is 0 Å². The summed E-state index contributed by atoms with van der Waals surface area (Å²) in [6, 6.07) is 35.9. The zero-order valence-corrected chi connectivity index (χ0v) is 26.5. The van der Waals surface area contributed by atoms with Gasteiger partial charge in [0.15, 0.2) is 0 Å². The molecule has 43 heavy (non-hydrogen) atoms. The van der Waals surface area contributed by atoms with E-state index in [2.05, 4.69) is 9.97 Å². The first kappa shape index (κ1) is 30.3. The molecule has 210 valence electrons. The Bertz CT molecular complexity index is 1870. The predicted molar refractivity (Wildman–Crippen MR) is 160 cm³/mol. The number of aryl methyl sites for hydroxylation is 1. The second-order valence-electron chi connectivity index (χ2n) is 10.6. The van der Waals surface area contributed by atoms with Gasteiger partial charge in [0, 0.05) is 23.8 Å². The number of carbonyl (C=O) groups is 1. The molecular formula is C35H30N3NaO4. The molecule has 0 radical (unpaired) electrons. The van der Waals surface area contributed by atoms with Crippen molar-refractivity contribution in [3.8, 4) is 17.5 Å². The SMILES string of the molecule is Cn1c(Oc2ccc(C(C)(CCC(=O)[O-])c3ccc(OCc4ccc5ccccc5n4)cc3)cc2)nc2ccccc21.[Na+]. The van der Waals surface area contributed by atoms with E-state index < -0.39 is 11.4 Å². The Morgan fingerprint density at radius 1 is 0.791 bits per heavy atom. The summed E-state index contributed by atoms with van der Waals surface area (Å²) in [4.78, 5) is 20.7. The average molecular weight is 580 g/mol. The monoisotopic (exact) mass is 579 g/mol. The van der Waals surface area contributed by atoms with Crippen molar-refractivity contribution in [2.24, 2.45) is 7.05 Å². The summed E-state index contributed by atoms with van der Waals surface area (Å²) in [7, 11) is 1.92. The molecule has 0 N–H and O–H groups in total. The van der Waals surface area contributed by atoms with Gasteiger partial charge in [0.2, 0.25) is 0 Å². The van der Waals surface area contributed by atoms with Crippen molar-refractivity contribution in [1.29, 1.82) is 0 Å². The topological polar surface area (TPSA) is 89.3 Å². The first-order valence-electron chi connectivity index (χ1n) is 13.9. The molecule has 0 saturated heterocycles. The molecule has 0 bridgehead atoms. The van der Waals surface area contributed by atoms with E-state index in [-0.39, 0.29) is 36.0 Å². The van der Waals surface area contributed by atoms with Crippen LogP contribution < -0.4 is 44.1 Å². The van der Waals surface area contributed by atoms with Gasteiger partial charge in [0.1, 0.15) is 18.1 Å². The average Bonchev–Trinajstić information content (AvgIpc) is 3.34. The molecule has 0 aliphatic carbocycles. The number of fused-ring (bicyclic) bond motifs is 2. The first-order valence-corrected chi connectivity index (χ1v) is 13.9. The number of aliphatic carboxylic acids is 1. The predicted octanol–water partition coefficient (Wildman–Crippen LogP) is 3.33. The minimum absolute atomic E-state index is 0. The van der Waals surface area contributed by atoms with Gasteiger partial charge < -0.3 is 19.4 Å². The van der Waals surface area contributed by atoms with E-state index in [1.807, 2.05) is 128 Å². The number of imidazole rings is 1. The number of para-hydroxylation sites is 3. The van der Waals surface area contributed by atoms with Crippen LogP contribution in [0.3, 0.4) is 0 Å². The molecule has 4 aromatic carbocycles. The molecule has 1 unspecified atom stereocenters. The van der Waals surface area contributed by atoms with E-state index in [0.29, 0.717) is 30.5 Å². The standard InChI is InChI=1S/C35H31N3O4.Na/c1-35(22-21-33(39)40,26-14-19-29(20-15-26)42-34-37-31-9-5-6-10-32(31)38(34)2)25-12-17-28(18-13-25)41-23-27-16-11-24-7-3-4-8-30(24)36-27;/h3-20H,21-23H2,1-2H3,(H,39,40);/q;+1/p-1. The Hall–Kier alpha value is -4.17. The zero-order valence-electron chi connectivity index (χ0n) is 24.5. The van der Waals surface area contributed by atoms with Crippen LogP contribution in [-0.2, 0) is 23.9 Å². The van der Waals surface area contributed by atoms with Gasteiger partial charge in [-0.15, -0.1) is 0 Å². The third-order valence-corrected chi connectivity index (χ3v) is 7.81. The summed E-state index contributed by atoms with van der Waals surface area (Å²) in [6.45, 7) is 2.39. The van der Waals surface area contributed by atoms with Crippen LogP contribution in [0.15, 0.2) is 109 Å². The van der Waals surface area contributed by atoms with Crippen LogP contribution >= 0.6 is 0 Å². The molecule has 8 heteroatoms. The number of benzene rings is 4. The molecule has 0 aliphatic heterocycles. The van der Waals surface area contributed by atoms with Crippen molar-refractivity contribution in [2.45, 2.75) is 31.8 Å². The van der Waals surface area contributed by atoms with E-state index >= 15 is 0 Å².